The van der Waals surface area contributed by atoms with Crippen molar-refractivity contribution in [2.75, 3.05) is 4.72 Å². The topological polar surface area (TPSA) is 76.4 Å². The Morgan fingerprint density at radius 1 is 1.04 bits per heavy atom. The third-order valence-electron chi connectivity index (χ3n) is 4.28. The lowest BCUT2D eigenvalue weighted by Crippen LogP contribution is -2.14. The first kappa shape index (κ1) is 17.2. The van der Waals surface area contributed by atoms with Crippen molar-refractivity contribution in [3.63, 3.8) is 0 Å². The zero-order valence-corrected chi connectivity index (χ0v) is 15.7. The number of nitrogens with one attached hydrogen (secondary N) is 1. The summed E-state index contributed by atoms with van der Waals surface area (Å²) in [5.41, 5.74) is 3.61. The molecule has 136 valence electrons. The molecule has 2 aromatic carbocycles. The zero-order valence-electron chi connectivity index (χ0n) is 14.9. The molecule has 0 aliphatic heterocycles. The van der Waals surface area contributed by atoms with Gasteiger partial charge in [0.15, 0.2) is 0 Å². The molecule has 4 rings (SSSR count). The van der Waals surface area contributed by atoms with Crippen molar-refractivity contribution < 1.29 is 8.42 Å². The summed E-state index contributed by atoms with van der Waals surface area (Å²) in [5.74, 6) is 0.592. The van der Waals surface area contributed by atoms with Crippen molar-refractivity contribution in [3.8, 4) is 11.3 Å². The van der Waals surface area contributed by atoms with Gasteiger partial charge in [-0.1, -0.05) is 24.3 Å². The second-order valence-corrected chi connectivity index (χ2v) is 8.06. The van der Waals surface area contributed by atoms with Crippen LogP contribution in [0.3, 0.4) is 0 Å². The molecule has 1 N–H and O–H groups in total. The molecule has 2 heterocycles. The molecule has 0 saturated carbocycles. The normalized spacial score (nSPS) is 11.6. The van der Waals surface area contributed by atoms with Crippen LogP contribution in [-0.4, -0.2) is 22.8 Å². The van der Waals surface area contributed by atoms with Crippen LogP contribution in [0.4, 0.5) is 5.69 Å². The largest absolute Gasteiger partial charge is 0.291 e. The number of benzene rings is 2. The highest BCUT2D eigenvalue weighted by Crippen LogP contribution is 2.25. The van der Waals surface area contributed by atoms with Gasteiger partial charge in [-0.05, 0) is 49.2 Å². The van der Waals surface area contributed by atoms with Crippen LogP contribution in [0.5, 0.6) is 0 Å². The molecule has 0 saturated heterocycles. The molecule has 6 nitrogen and oxygen atoms in total. The Labute approximate surface area is 157 Å². The average molecular weight is 378 g/mol. The first-order valence-electron chi connectivity index (χ1n) is 8.43. The van der Waals surface area contributed by atoms with Gasteiger partial charge in [-0.2, -0.15) is 0 Å². The Balaban J connectivity index is 1.69. The molecular formula is C20H18N4O2S. The highest BCUT2D eigenvalue weighted by Gasteiger charge is 2.17. The van der Waals surface area contributed by atoms with E-state index in [0.717, 1.165) is 16.8 Å². The Morgan fingerprint density at radius 2 is 1.89 bits per heavy atom. The lowest BCUT2D eigenvalue weighted by atomic mass is 10.1. The zero-order chi connectivity index (χ0) is 19.0. The number of hydrogen-bond acceptors (Lipinski definition) is 4. The number of sulfonamides is 1. The molecule has 0 unspecified atom stereocenters. The molecule has 4 aromatic rings. The highest BCUT2D eigenvalue weighted by atomic mass is 32.2. The number of nitrogens with zero attached hydrogens (tertiary/aromatic N) is 3. The Morgan fingerprint density at radius 3 is 2.70 bits per heavy atom. The lowest BCUT2D eigenvalue weighted by molar-refractivity contribution is 0.600. The van der Waals surface area contributed by atoms with E-state index >= 15 is 0 Å². The predicted molar refractivity (Wildman–Crippen MR) is 105 cm³/mol. The first-order chi connectivity index (χ1) is 12.9. The van der Waals surface area contributed by atoms with Crippen molar-refractivity contribution in [1.29, 1.82) is 0 Å². The van der Waals surface area contributed by atoms with Crippen molar-refractivity contribution in [3.05, 3.63) is 78.2 Å². The fourth-order valence-corrected chi connectivity index (χ4v) is 4.30. The van der Waals surface area contributed by atoms with Crippen LogP contribution in [0.15, 0.2) is 72.0 Å². The van der Waals surface area contributed by atoms with E-state index in [9.17, 15) is 8.42 Å². The van der Waals surface area contributed by atoms with Crippen molar-refractivity contribution in [2.45, 2.75) is 18.7 Å². The van der Waals surface area contributed by atoms with E-state index in [1.54, 1.807) is 37.4 Å². The molecule has 7 heteroatoms. The molecule has 0 aliphatic rings. The quantitative estimate of drug-likeness (QED) is 0.586. The molecule has 2 aromatic heterocycles. The van der Waals surface area contributed by atoms with Gasteiger partial charge in [0.2, 0.25) is 5.78 Å². The average Bonchev–Trinajstić information content (AvgIpc) is 3.08. The summed E-state index contributed by atoms with van der Waals surface area (Å²) in [7, 11) is -3.68. The molecule has 0 aliphatic carbocycles. The van der Waals surface area contributed by atoms with E-state index in [0.29, 0.717) is 17.0 Å². The van der Waals surface area contributed by atoms with Gasteiger partial charge in [-0.15, -0.1) is 0 Å². The van der Waals surface area contributed by atoms with Crippen molar-refractivity contribution in [1.82, 2.24) is 14.4 Å². The van der Waals surface area contributed by atoms with Crippen LogP contribution in [0.2, 0.25) is 0 Å². The van der Waals surface area contributed by atoms with Gasteiger partial charge in [-0.25, -0.2) is 18.4 Å². The Kier molecular flexibility index (Phi) is 4.16. The standard InChI is InChI=1S/C20H18N4O2S/c1-14-7-8-15(2)19(11-14)27(25,26)23-17-6-3-5-16(12-17)18-13-24-10-4-9-21-20(24)22-18/h3-13,23H,1-2H3. The minimum atomic E-state index is -3.68. The van der Waals surface area contributed by atoms with Gasteiger partial charge >= 0.3 is 0 Å². The number of aromatic nitrogens is 3. The summed E-state index contributed by atoms with van der Waals surface area (Å²) in [4.78, 5) is 8.97. The van der Waals surface area contributed by atoms with Crippen LogP contribution < -0.4 is 4.72 Å². The summed E-state index contributed by atoms with van der Waals surface area (Å²) in [6.45, 7) is 3.66. The van der Waals surface area contributed by atoms with Gasteiger partial charge in [0, 0.05) is 29.8 Å². The molecule has 0 atom stereocenters. The summed E-state index contributed by atoms with van der Waals surface area (Å²) in [5, 5.41) is 0. The maximum absolute atomic E-state index is 12.8. The fraction of sp³-hybridized carbons (Fsp3) is 0.100. The molecule has 0 fully saturated rings. The maximum atomic E-state index is 12.8. The third kappa shape index (κ3) is 3.41. The molecule has 0 amide bonds. The van der Waals surface area contributed by atoms with Gasteiger partial charge in [0.25, 0.3) is 10.0 Å². The second-order valence-electron chi connectivity index (χ2n) is 6.41. The number of imidazole rings is 1. The van der Waals surface area contributed by atoms with E-state index in [1.165, 1.54) is 0 Å². The number of rotatable bonds is 4. The summed E-state index contributed by atoms with van der Waals surface area (Å²) in [6.07, 6.45) is 5.41. The number of anilines is 1. The minimum Gasteiger partial charge on any atom is -0.291 e. The molecule has 0 radical (unpaired) electrons. The minimum absolute atomic E-state index is 0.282. The number of hydrogen-bond donors (Lipinski definition) is 1. The highest BCUT2D eigenvalue weighted by molar-refractivity contribution is 7.92. The number of aryl methyl sites for hydroxylation is 2. The van der Waals surface area contributed by atoms with E-state index in [-0.39, 0.29) is 4.90 Å². The van der Waals surface area contributed by atoms with Crippen LogP contribution in [0.25, 0.3) is 17.0 Å². The summed E-state index contributed by atoms with van der Waals surface area (Å²) >= 11 is 0. The molecule has 27 heavy (non-hydrogen) atoms. The van der Waals surface area contributed by atoms with Gasteiger partial charge in [0.1, 0.15) is 0 Å². The fourth-order valence-electron chi connectivity index (χ4n) is 2.92. The van der Waals surface area contributed by atoms with Crippen molar-refractivity contribution in [2.24, 2.45) is 0 Å². The van der Waals surface area contributed by atoms with Crippen LogP contribution in [-0.2, 0) is 10.0 Å². The molecule has 0 bridgehead atoms. The Bertz CT molecular complexity index is 1210. The second kappa shape index (κ2) is 6.51. The van der Waals surface area contributed by atoms with Crippen molar-refractivity contribution >= 4 is 21.5 Å². The van der Waals surface area contributed by atoms with Gasteiger partial charge in [0.05, 0.1) is 10.6 Å². The summed E-state index contributed by atoms with van der Waals surface area (Å²) in [6, 6.07) is 14.4. The van der Waals surface area contributed by atoms with E-state index < -0.39 is 10.0 Å². The Hall–Kier alpha value is -3.19. The van der Waals surface area contributed by atoms with E-state index in [1.807, 2.05) is 48.0 Å². The van der Waals surface area contributed by atoms with Crippen LogP contribution in [0, 0.1) is 13.8 Å². The summed E-state index contributed by atoms with van der Waals surface area (Å²) < 4.78 is 30.1. The van der Waals surface area contributed by atoms with Gasteiger partial charge in [-0.3, -0.25) is 9.12 Å². The molecular weight excluding hydrogens is 360 g/mol. The number of fused-ring (bicyclic) bond motifs is 1. The smallest absolute Gasteiger partial charge is 0.262 e. The SMILES string of the molecule is Cc1ccc(C)c(S(=O)(=O)Nc2cccc(-c3cn4cccnc4n3)c2)c1. The molecule has 0 spiro atoms. The van der Waals surface area contributed by atoms with E-state index in [2.05, 4.69) is 14.7 Å². The predicted octanol–water partition coefficient (Wildman–Crippen LogP) is 3.81. The first-order valence-corrected chi connectivity index (χ1v) is 9.91. The maximum Gasteiger partial charge on any atom is 0.262 e. The van der Waals surface area contributed by atoms with E-state index in [4.69, 9.17) is 0 Å². The third-order valence-corrected chi connectivity index (χ3v) is 5.80. The van der Waals surface area contributed by atoms with Gasteiger partial charge < -0.3 is 0 Å². The van der Waals surface area contributed by atoms with Crippen LogP contribution in [0.1, 0.15) is 11.1 Å². The lowest BCUT2D eigenvalue weighted by Gasteiger charge is -2.11. The van der Waals surface area contributed by atoms with Crippen LogP contribution >= 0.6 is 0 Å². The monoisotopic (exact) mass is 378 g/mol.